The van der Waals surface area contributed by atoms with Gasteiger partial charge in [-0.05, 0) is 38.5 Å². The fourth-order valence-electron chi connectivity index (χ4n) is 3.66. The Kier molecular flexibility index (Phi) is 5.05. The van der Waals surface area contributed by atoms with Gasteiger partial charge in [0.2, 0.25) is 0 Å². The smallest absolute Gasteiger partial charge is 0.320 e. The van der Waals surface area contributed by atoms with Gasteiger partial charge in [-0.3, -0.25) is 0 Å². The van der Waals surface area contributed by atoms with Crippen LogP contribution in [-0.4, -0.2) is 84.0 Å². The van der Waals surface area contributed by atoms with Crippen LogP contribution in [0.1, 0.15) is 38.5 Å². The van der Waals surface area contributed by atoms with Crippen molar-refractivity contribution in [3.63, 3.8) is 0 Å². The van der Waals surface area contributed by atoms with Gasteiger partial charge in [-0.15, -0.1) is 0 Å². The number of rotatable bonds is 0. The lowest BCUT2D eigenvalue weighted by atomic mass is 10.1. The van der Waals surface area contributed by atoms with Crippen LogP contribution in [0.4, 0.5) is 9.59 Å². The van der Waals surface area contributed by atoms with Gasteiger partial charge in [0, 0.05) is 52.4 Å². The van der Waals surface area contributed by atoms with Crippen LogP contribution >= 0.6 is 0 Å². The molecule has 3 aliphatic heterocycles. The van der Waals surface area contributed by atoms with Gasteiger partial charge in [-0.1, -0.05) is 0 Å². The van der Waals surface area contributed by atoms with E-state index in [1.165, 1.54) is 12.8 Å². The van der Waals surface area contributed by atoms with Crippen LogP contribution in [0.5, 0.6) is 0 Å². The number of likely N-dealkylation sites (tertiary alicyclic amines) is 2. The molecule has 6 heteroatoms. The second-order valence-electron chi connectivity index (χ2n) is 6.63. The minimum atomic E-state index is 0.171. The summed E-state index contributed by atoms with van der Waals surface area (Å²) in [6.45, 7) is 6.28. The molecule has 0 N–H and O–H groups in total. The predicted molar refractivity (Wildman–Crippen MR) is 84.8 cm³/mol. The number of amides is 4. The molecule has 0 aromatic carbocycles. The first-order valence-corrected chi connectivity index (χ1v) is 8.83. The monoisotopic (exact) mass is 308 g/mol. The Morgan fingerprint density at radius 1 is 0.409 bits per heavy atom. The summed E-state index contributed by atoms with van der Waals surface area (Å²) in [6.07, 6.45) is 6.97. The zero-order chi connectivity index (χ0) is 15.4. The minimum absolute atomic E-state index is 0.171. The maximum Gasteiger partial charge on any atom is 0.320 e. The molecule has 3 fully saturated rings. The molecule has 4 amide bonds. The van der Waals surface area contributed by atoms with Crippen LogP contribution in [0.25, 0.3) is 0 Å². The third-order valence-corrected chi connectivity index (χ3v) is 5.07. The fourth-order valence-corrected chi connectivity index (χ4v) is 3.66. The van der Waals surface area contributed by atoms with Crippen LogP contribution in [0.3, 0.4) is 0 Å². The lowest BCUT2D eigenvalue weighted by molar-refractivity contribution is 0.0975. The van der Waals surface area contributed by atoms with E-state index in [9.17, 15) is 9.59 Å². The fraction of sp³-hybridized carbons (Fsp3) is 0.875. The van der Waals surface area contributed by atoms with Crippen molar-refractivity contribution in [2.45, 2.75) is 38.5 Å². The Bertz CT molecular complexity index is 357. The Hall–Kier alpha value is -1.46. The van der Waals surface area contributed by atoms with Gasteiger partial charge in [0.25, 0.3) is 0 Å². The molecule has 3 saturated heterocycles. The minimum Gasteiger partial charge on any atom is -0.325 e. The highest BCUT2D eigenvalue weighted by Crippen LogP contribution is 2.15. The van der Waals surface area contributed by atoms with Crippen molar-refractivity contribution in [2.24, 2.45) is 0 Å². The summed E-state index contributed by atoms with van der Waals surface area (Å²) in [5.41, 5.74) is 0. The Balaban J connectivity index is 1.47. The van der Waals surface area contributed by atoms with E-state index in [1.54, 1.807) is 0 Å². The maximum absolute atomic E-state index is 12.5. The Labute approximate surface area is 133 Å². The molecule has 3 heterocycles. The van der Waals surface area contributed by atoms with Crippen LogP contribution < -0.4 is 0 Å². The third-order valence-electron chi connectivity index (χ3n) is 5.07. The first-order chi connectivity index (χ1) is 10.8. The number of urea groups is 2. The molecule has 0 spiro atoms. The molecule has 0 saturated carbocycles. The molecular weight excluding hydrogens is 280 g/mol. The highest BCUT2D eigenvalue weighted by atomic mass is 16.2. The van der Waals surface area contributed by atoms with Crippen molar-refractivity contribution in [1.29, 1.82) is 0 Å². The molecule has 3 aliphatic rings. The SMILES string of the molecule is O=C(N1CCCCC1)N1CCN(C(=O)N2CCCCC2)CC1. The molecule has 124 valence electrons. The quantitative estimate of drug-likeness (QED) is 0.685. The summed E-state index contributed by atoms with van der Waals surface area (Å²) < 4.78 is 0. The summed E-state index contributed by atoms with van der Waals surface area (Å²) in [5.74, 6) is 0. The van der Waals surface area contributed by atoms with E-state index in [-0.39, 0.29) is 12.1 Å². The van der Waals surface area contributed by atoms with Crippen molar-refractivity contribution < 1.29 is 9.59 Å². The lowest BCUT2D eigenvalue weighted by Gasteiger charge is -2.40. The van der Waals surface area contributed by atoms with Gasteiger partial charge < -0.3 is 19.6 Å². The standard InChI is InChI=1S/C16H28N4O2/c21-15(17-7-3-1-4-8-17)19-11-13-20(14-12-19)16(22)18-9-5-2-6-10-18/h1-14H2. The normalized spacial score (nSPS) is 23.6. The number of carbonyl (C=O) groups is 2. The molecule has 6 nitrogen and oxygen atoms in total. The van der Waals surface area contributed by atoms with Crippen molar-refractivity contribution in [1.82, 2.24) is 19.6 Å². The third kappa shape index (κ3) is 3.47. The average Bonchev–Trinajstić information content (AvgIpc) is 2.62. The molecule has 0 aliphatic carbocycles. The molecule has 0 unspecified atom stereocenters. The number of carbonyl (C=O) groups excluding carboxylic acids is 2. The van der Waals surface area contributed by atoms with Gasteiger partial charge >= 0.3 is 12.1 Å². The van der Waals surface area contributed by atoms with Crippen LogP contribution in [-0.2, 0) is 0 Å². The van der Waals surface area contributed by atoms with Crippen LogP contribution in [0.15, 0.2) is 0 Å². The first kappa shape index (κ1) is 15.4. The predicted octanol–water partition coefficient (Wildman–Crippen LogP) is 1.82. The average molecular weight is 308 g/mol. The Morgan fingerprint density at radius 2 is 0.682 bits per heavy atom. The summed E-state index contributed by atoms with van der Waals surface area (Å²) >= 11 is 0. The number of hydrogen-bond donors (Lipinski definition) is 0. The highest BCUT2D eigenvalue weighted by molar-refractivity contribution is 5.77. The van der Waals surface area contributed by atoms with Gasteiger partial charge in [0.15, 0.2) is 0 Å². The summed E-state index contributed by atoms with van der Waals surface area (Å²) in [4.78, 5) is 32.7. The largest absolute Gasteiger partial charge is 0.325 e. The van der Waals surface area contributed by atoms with Crippen molar-refractivity contribution in [2.75, 3.05) is 52.4 Å². The molecule has 0 aromatic heterocycles. The summed E-state index contributed by atoms with van der Waals surface area (Å²) in [7, 11) is 0. The van der Waals surface area contributed by atoms with Gasteiger partial charge in [0.1, 0.15) is 0 Å². The number of nitrogens with zero attached hydrogens (tertiary/aromatic N) is 4. The second-order valence-corrected chi connectivity index (χ2v) is 6.63. The zero-order valence-electron chi connectivity index (χ0n) is 13.5. The molecule has 3 rings (SSSR count). The van der Waals surface area contributed by atoms with E-state index in [0.717, 1.165) is 51.9 Å². The van der Waals surface area contributed by atoms with Gasteiger partial charge in [0.05, 0.1) is 0 Å². The van der Waals surface area contributed by atoms with Gasteiger partial charge in [-0.25, -0.2) is 9.59 Å². The van der Waals surface area contributed by atoms with E-state index in [2.05, 4.69) is 0 Å². The van der Waals surface area contributed by atoms with E-state index in [1.807, 2.05) is 19.6 Å². The second kappa shape index (κ2) is 7.20. The topological polar surface area (TPSA) is 47.1 Å². The highest BCUT2D eigenvalue weighted by Gasteiger charge is 2.29. The molecule has 22 heavy (non-hydrogen) atoms. The van der Waals surface area contributed by atoms with Crippen molar-refractivity contribution >= 4 is 12.1 Å². The van der Waals surface area contributed by atoms with Crippen LogP contribution in [0.2, 0.25) is 0 Å². The summed E-state index contributed by atoms with van der Waals surface area (Å²) in [5, 5.41) is 0. The number of piperazine rings is 1. The zero-order valence-corrected chi connectivity index (χ0v) is 13.5. The van der Waals surface area contributed by atoms with E-state index in [4.69, 9.17) is 0 Å². The van der Waals surface area contributed by atoms with Crippen molar-refractivity contribution in [3.05, 3.63) is 0 Å². The van der Waals surface area contributed by atoms with E-state index >= 15 is 0 Å². The van der Waals surface area contributed by atoms with Crippen molar-refractivity contribution in [3.8, 4) is 0 Å². The molecule has 0 bridgehead atoms. The van der Waals surface area contributed by atoms with Gasteiger partial charge in [-0.2, -0.15) is 0 Å². The lowest BCUT2D eigenvalue weighted by Crippen LogP contribution is -2.57. The molecular formula is C16H28N4O2. The van der Waals surface area contributed by atoms with E-state index < -0.39 is 0 Å². The first-order valence-electron chi connectivity index (χ1n) is 8.83. The molecule has 0 aromatic rings. The number of piperidine rings is 2. The van der Waals surface area contributed by atoms with Crippen LogP contribution in [0, 0.1) is 0 Å². The molecule has 0 radical (unpaired) electrons. The van der Waals surface area contributed by atoms with E-state index in [0.29, 0.717) is 26.2 Å². The Morgan fingerprint density at radius 3 is 1.00 bits per heavy atom. The number of hydrogen-bond acceptors (Lipinski definition) is 2. The molecule has 0 atom stereocenters. The summed E-state index contributed by atoms with van der Waals surface area (Å²) in [6, 6.07) is 0.342. The maximum atomic E-state index is 12.5.